The third-order valence-electron chi connectivity index (χ3n) is 7.18. The van der Waals surface area contributed by atoms with E-state index in [4.69, 9.17) is 4.74 Å². The average molecular weight is 454 g/mol. The molecule has 0 radical (unpaired) electrons. The van der Waals surface area contributed by atoms with Gasteiger partial charge < -0.3 is 15.0 Å². The van der Waals surface area contributed by atoms with Gasteiger partial charge in [0.2, 0.25) is 5.91 Å². The number of halogens is 3. The van der Waals surface area contributed by atoms with E-state index in [0.29, 0.717) is 18.2 Å². The third kappa shape index (κ3) is 6.16. The number of carbonyl (C=O) groups is 1. The number of nitrogens with zero attached hydrogens (tertiary/aromatic N) is 2. The lowest BCUT2D eigenvalue weighted by molar-refractivity contribution is -0.137. The van der Waals surface area contributed by atoms with Gasteiger partial charge in [0.25, 0.3) is 0 Å². The molecule has 1 aromatic carbocycles. The van der Waals surface area contributed by atoms with Gasteiger partial charge in [-0.2, -0.15) is 13.2 Å². The van der Waals surface area contributed by atoms with E-state index in [2.05, 4.69) is 10.2 Å². The van der Waals surface area contributed by atoms with Gasteiger partial charge in [0.05, 0.1) is 5.56 Å². The van der Waals surface area contributed by atoms with Crippen molar-refractivity contribution in [1.29, 1.82) is 0 Å². The molecule has 5 nitrogen and oxygen atoms in total. The summed E-state index contributed by atoms with van der Waals surface area (Å²) in [7, 11) is 0. The predicted octanol–water partition coefficient (Wildman–Crippen LogP) is 4.07. The van der Waals surface area contributed by atoms with Crippen LogP contribution in [0.1, 0.15) is 50.5 Å². The van der Waals surface area contributed by atoms with Crippen molar-refractivity contribution in [3.8, 4) is 0 Å². The maximum atomic E-state index is 13.0. The first-order chi connectivity index (χ1) is 15.4. The van der Waals surface area contributed by atoms with Crippen molar-refractivity contribution < 1.29 is 22.7 Å². The van der Waals surface area contributed by atoms with Gasteiger partial charge >= 0.3 is 6.18 Å². The number of hydrogen-bond acceptors (Lipinski definition) is 4. The Morgan fingerprint density at radius 1 is 1.06 bits per heavy atom. The topological polar surface area (TPSA) is 44.8 Å². The molecule has 1 saturated carbocycles. The van der Waals surface area contributed by atoms with Crippen molar-refractivity contribution in [2.45, 2.75) is 63.3 Å². The van der Waals surface area contributed by atoms with E-state index >= 15 is 0 Å². The fourth-order valence-electron chi connectivity index (χ4n) is 5.15. The Bertz CT molecular complexity index is 751. The maximum Gasteiger partial charge on any atom is 0.416 e. The molecule has 32 heavy (non-hydrogen) atoms. The van der Waals surface area contributed by atoms with Crippen LogP contribution in [0.2, 0.25) is 0 Å². The van der Waals surface area contributed by atoms with Crippen LogP contribution in [0.15, 0.2) is 24.3 Å². The highest BCUT2D eigenvalue weighted by Crippen LogP contribution is 2.32. The normalized spacial score (nSPS) is 27.5. The first kappa shape index (κ1) is 23.4. The number of rotatable bonds is 6. The summed E-state index contributed by atoms with van der Waals surface area (Å²) in [4.78, 5) is 16.7. The van der Waals surface area contributed by atoms with Crippen LogP contribution in [-0.2, 0) is 15.7 Å². The van der Waals surface area contributed by atoms with E-state index in [9.17, 15) is 18.0 Å². The van der Waals surface area contributed by atoms with Crippen LogP contribution in [0, 0.1) is 5.92 Å². The predicted molar refractivity (Wildman–Crippen MR) is 118 cm³/mol. The molecular weight excluding hydrogens is 419 g/mol. The zero-order valence-electron chi connectivity index (χ0n) is 18.6. The minimum atomic E-state index is -4.30. The summed E-state index contributed by atoms with van der Waals surface area (Å²) in [6.45, 7) is 4.99. The molecule has 1 aliphatic carbocycles. The van der Waals surface area contributed by atoms with Crippen LogP contribution in [0.3, 0.4) is 0 Å². The molecule has 1 amide bonds. The van der Waals surface area contributed by atoms with Crippen LogP contribution >= 0.6 is 0 Å². The van der Waals surface area contributed by atoms with Crippen molar-refractivity contribution in [1.82, 2.24) is 10.2 Å². The van der Waals surface area contributed by atoms with Gasteiger partial charge in [0.15, 0.2) is 0 Å². The molecule has 0 spiro atoms. The number of alkyl halides is 3. The first-order valence-electron chi connectivity index (χ1n) is 11.9. The minimum absolute atomic E-state index is 0.0598. The number of piperazine rings is 1. The van der Waals surface area contributed by atoms with Crippen molar-refractivity contribution in [3.63, 3.8) is 0 Å². The third-order valence-corrected chi connectivity index (χ3v) is 7.18. The Hall–Kier alpha value is -1.80. The summed E-state index contributed by atoms with van der Waals surface area (Å²) in [5.74, 6) is 0.747. The quantitative estimate of drug-likeness (QED) is 0.705. The second-order valence-electron chi connectivity index (χ2n) is 9.39. The molecule has 0 aromatic heterocycles. The van der Waals surface area contributed by atoms with Crippen LogP contribution in [-0.4, -0.2) is 62.3 Å². The molecule has 1 atom stereocenters. The van der Waals surface area contributed by atoms with Gasteiger partial charge in [0, 0.05) is 44.5 Å². The standard InChI is InChI=1S/C24H34F3N3O2/c25-24(26,27)19-3-1-4-21(17-19)30-14-12-29(13-15-30)11-10-18-6-8-20(9-7-18)28-23(31)22-5-2-16-32-22/h1,3-4,17-18,20,22H,2,5-16H2,(H,28,31). The summed E-state index contributed by atoms with van der Waals surface area (Å²) < 4.78 is 44.4. The smallest absolute Gasteiger partial charge is 0.369 e. The Kier molecular flexibility index (Phi) is 7.61. The molecule has 3 aliphatic rings. The number of amides is 1. The summed E-state index contributed by atoms with van der Waals surface area (Å²) >= 11 is 0. The van der Waals surface area contributed by atoms with Crippen molar-refractivity contribution >= 4 is 11.6 Å². The molecule has 3 fully saturated rings. The van der Waals surface area contributed by atoms with Crippen LogP contribution in [0.4, 0.5) is 18.9 Å². The fourth-order valence-corrected chi connectivity index (χ4v) is 5.15. The molecule has 2 saturated heterocycles. The highest BCUT2D eigenvalue weighted by molar-refractivity contribution is 5.81. The number of ether oxygens (including phenoxy) is 1. The van der Waals surface area contributed by atoms with Crippen LogP contribution < -0.4 is 10.2 Å². The monoisotopic (exact) mass is 453 g/mol. The molecule has 1 N–H and O–H groups in total. The van der Waals surface area contributed by atoms with Gasteiger partial charge in [-0.3, -0.25) is 9.69 Å². The van der Waals surface area contributed by atoms with Crippen molar-refractivity contribution in [2.75, 3.05) is 44.2 Å². The fraction of sp³-hybridized carbons (Fsp3) is 0.708. The van der Waals surface area contributed by atoms with E-state index in [1.54, 1.807) is 6.07 Å². The second-order valence-corrected chi connectivity index (χ2v) is 9.39. The maximum absolute atomic E-state index is 13.0. The molecule has 4 rings (SSSR count). The van der Waals surface area contributed by atoms with Crippen molar-refractivity contribution in [2.24, 2.45) is 5.92 Å². The lowest BCUT2D eigenvalue weighted by atomic mass is 9.84. The summed E-state index contributed by atoms with van der Waals surface area (Å²) in [5.41, 5.74) is 0.0721. The Morgan fingerprint density at radius 2 is 1.81 bits per heavy atom. The van der Waals surface area contributed by atoms with Crippen molar-refractivity contribution in [3.05, 3.63) is 29.8 Å². The van der Waals surface area contributed by atoms with Gasteiger partial charge in [-0.1, -0.05) is 6.07 Å². The Labute approximate surface area is 188 Å². The summed E-state index contributed by atoms with van der Waals surface area (Å²) in [6, 6.07) is 5.91. The van der Waals surface area contributed by atoms with E-state index in [-0.39, 0.29) is 18.1 Å². The molecule has 178 valence electrons. The van der Waals surface area contributed by atoms with Gasteiger partial charge in [-0.05, 0) is 75.6 Å². The zero-order valence-corrected chi connectivity index (χ0v) is 18.6. The Balaban J connectivity index is 1.14. The number of nitrogens with one attached hydrogen (secondary N) is 1. The molecule has 0 bridgehead atoms. The molecule has 1 unspecified atom stereocenters. The SMILES string of the molecule is O=C(NC1CCC(CCN2CCN(c3cccc(C(F)(F)F)c3)CC2)CC1)C1CCCO1. The van der Waals surface area contributed by atoms with E-state index in [0.717, 1.165) is 83.7 Å². The largest absolute Gasteiger partial charge is 0.416 e. The van der Waals surface area contributed by atoms with E-state index in [1.165, 1.54) is 12.1 Å². The lowest BCUT2D eigenvalue weighted by Gasteiger charge is -2.37. The van der Waals surface area contributed by atoms with Crippen LogP contribution in [0.25, 0.3) is 0 Å². The number of anilines is 1. The summed E-state index contributed by atoms with van der Waals surface area (Å²) in [6.07, 6.45) is 2.75. The first-order valence-corrected chi connectivity index (χ1v) is 11.9. The van der Waals surface area contributed by atoms with E-state index in [1.807, 2.05) is 4.90 Å². The van der Waals surface area contributed by atoms with Gasteiger partial charge in [-0.15, -0.1) is 0 Å². The second kappa shape index (κ2) is 10.4. The van der Waals surface area contributed by atoms with Crippen LogP contribution in [0.5, 0.6) is 0 Å². The highest BCUT2D eigenvalue weighted by Gasteiger charge is 2.31. The number of benzene rings is 1. The lowest BCUT2D eigenvalue weighted by Crippen LogP contribution is -2.47. The minimum Gasteiger partial charge on any atom is -0.369 e. The molecule has 2 aliphatic heterocycles. The number of carbonyl (C=O) groups excluding carboxylic acids is 1. The molecule has 8 heteroatoms. The highest BCUT2D eigenvalue weighted by atomic mass is 19.4. The number of hydrogen-bond donors (Lipinski definition) is 1. The molecule has 1 aromatic rings. The summed E-state index contributed by atoms with van der Waals surface area (Å²) in [5, 5.41) is 3.17. The average Bonchev–Trinajstić information content (AvgIpc) is 3.34. The molecule has 2 heterocycles. The Morgan fingerprint density at radius 3 is 2.47 bits per heavy atom. The molecular formula is C24H34F3N3O2. The van der Waals surface area contributed by atoms with Gasteiger partial charge in [-0.25, -0.2) is 0 Å². The zero-order chi connectivity index (χ0) is 22.6. The van der Waals surface area contributed by atoms with Gasteiger partial charge in [0.1, 0.15) is 6.10 Å². The van der Waals surface area contributed by atoms with E-state index < -0.39 is 11.7 Å².